The van der Waals surface area contributed by atoms with Gasteiger partial charge in [-0.2, -0.15) is 0 Å². The fraction of sp³-hybridized carbons (Fsp3) is 0.0968. The molecule has 6 aromatic rings. The highest BCUT2D eigenvalue weighted by molar-refractivity contribution is 7.81. The molecule has 198 valence electrons. The molecule has 7 nitrogen and oxygen atoms in total. The van der Waals surface area contributed by atoms with E-state index in [0.717, 1.165) is 45.0 Å². The van der Waals surface area contributed by atoms with Crippen LogP contribution in [0.1, 0.15) is 10.4 Å². The molecule has 2 aromatic heterocycles. The first-order valence-electron chi connectivity index (χ1n) is 12.7. The van der Waals surface area contributed by atoms with E-state index in [9.17, 15) is 9.18 Å². The number of nitrogens with zero attached hydrogens (tertiary/aromatic N) is 3. The Kier molecular flexibility index (Phi) is 5.57. The summed E-state index contributed by atoms with van der Waals surface area (Å²) in [5, 5.41) is 3.35. The van der Waals surface area contributed by atoms with E-state index in [-0.39, 0.29) is 11.7 Å². The van der Waals surface area contributed by atoms with Crippen molar-refractivity contribution in [3.05, 3.63) is 90.2 Å². The maximum Gasteiger partial charge on any atom is 0.255 e. The summed E-state index contributed by atoms with van der Waals surface area (Å²) in [6.07, 6.45) is 0. The van der Waals surface area contributed by atoms with Gasteiger partial charge in [-0.05, 0) is 60.2 Å². The molecule has 0 unspecified atom stereocenters. The molecule has 1 amide bonds. The van der Waals surface area contributed by atoms with Gasteiger partial charge in [0.05, 0.1) is 27.8 Å². The Labute approximate surface area is 234 Å². The Morgan fingerprint density at radius 3 is 2.58 bits per heavy atom. The van der Waals surface area contributed by atoms with Gasteiger partial charge in [-0.25, -0.2) is 9.37 Å². The molecule has 1 aliphatic rings. The molecular weight excluding hydrogens is 527 g/mol. The number of benzene rings is 4. The zero-order valence-corrected chi connectivity index (χ0v) is 22.5. The van der Waals surface area contributed by atoms with Crippen LogP contribution in [0.15, 0.2) is 83.3 Å². The van der Waals surface area contributed by atoms with Crippen LogP contribution in [-0.2, 0) is 6.73 Å². The topological polar surface area (TPSA) is 72.5 Å². The second kappa shape index (κ2) is 9.17. The van der Waals surface area contributed by atoms with Gasteiger partial charge in [-0.3, -0.25) is 9.36 Å². The van der Waals surface area contributed by atoms with Crippen molar-refractivity contribution >= 4 is 46.4 Å². The predicted molar refractivity (Wildman–Crippen MR) is 157 cm³/mol. The fourth-order valence-corrected chi connectivity index (χ4v) is 5.50. The third kappa shape index (κ3) is 3.73. The van der Waals surface area contributed by atoms with Crippen LogP contribution in [0.4, 0.5) is 10.1 Å². The first-order valence-corrected chi connectivity index (χ1v) is 13.1. The second-order valence-electron chi connectivity index (χ2n) is 9.62. The van der Waals surface area contributed by atoms with Gasteiger partial charge in [0.2, 0.25) is 0 Å². The number of para-hydroxylation sites is 2. The minimum atomic E-state index is -0.368. The number of fused-ring (bicyclic) bond motifs is 6. The van der Waals surface area contributed by atoms with E-state index in [0.29, 0.717) is 34.6 Å². The number of nitrogens with one attached hydrogen (secondary N) is 1. The molecule has 0 saturated carbocycles. The fourth-order valence-electron chi connectivity index (χ4n) is 5.33. The summed E-state index contributed by atoms with van der Waals surface area (Å²) < 4.78 is 29.7. The molecule has 1 N–H and O–H groups in total. The summed E-state index contributed by atoms with van der Waals surface area (Å²) in [5.74, 6) is 1.28. The lowest BCUT2D eigenvalue weighted by atomic mass is 9.96. The molecule has 0 spiro atoms. The minimum absolute atomic E-state index is 0.302. The molecule has 0 radical (unpaired) electrons. The van der Waals surface area contributed by atoms with E-state index >= 15 is 0 Å². The van der Waals surface area contributed by atoms with Gasteiger partial charge in [-0.15, -0.1) is 0 Å². The molecule has 0 bridgehead atoms. The molecule has 0 atom stereocenters. The quantitative estimate of drug-likeness (QED) is 0.233. The van der Waals surface area contributed by atoms with Gasteiger partial charge >= 0.3 is 0 Å². The molecule has 0 aliphatic carbocycles. The number of anilines is 1. The number of halogens is 1. The highest BCUT2D eigenvalue weighted by Crippen LogP contribution is 2.44. The number of carbonyl (C=O) groups is 1. The summed E-state index contributed by atoms with van der Waals surface area (Å²) in [7, 11) is 3.40. The summed E-state index contributed by atoms with van der Waals surface area (Å²) in [5.41, 5.74) is 6.80. The lowest BCUT2D eigenvalue weighted by Crippen LogP contribution is -2.18. The Morgan fingerprint density at radius 1 is 1.02 bits per heavy atom. The van der Waals surface area contributed by atoms with Gasteiger partial charge in [0.25, 0.3) is 5.91 Å². The van der Waals surface area contributed by atoms with Crippen molar-refractivity contribution < 1.29 is 18.3 Å². The first-order chi connectivity index (χ1) is 19.4. The van der Waals surface area contributed by atoms with Gasteiger partial charge in [-0.1, -0.05) is 31.0 Å². The number of imidazole rings is 1. The number of hydrogen-bond donors (Lipinski definition) is 2. The molecule has 9 heteroatoms. The van der Waals surface area contributed by atoms with Gasteiger partial charge < -0.3 is 18.8 Å². The minimum Gasteiger partial charge on any atom is -0.472 e. The maximum absolute atomic E-state index is 13.6. The van der Waals surface area contributed by atoms with Crippen LogP contribution in [0, 0.1) is 5.82 Å². The average molecular weight is 551 g/mol. The summed E-state index contributed by atoms with van der Waals surface area (Å²) in [4.78, 5) is 18.0. The predicted octanol–water partition coefficient (Wildman–Crippen LogP) is 6.91. The largest absolute Gasteiger partial charge is 0.472 e. The summed E-state index contributed by atoms with van der Waals surface area (Å²) in [6, 6.07) is 23.6. The van der Waals surface area contributed by atoms with Crippen molar-refractivity contribution in [1.82, 2.24) is 14.9 Å². The van der Waals surface area contributed by atoms with Crippen molar-refractivity contribution in [2.75, 3.05) is 18.4 Å². The van der Waals surface area contributed by atoms with Crippen molar-refractivity contribution in [3.63, 3.8) is 0 Å². The van der Waals surface area contributed by atoms with Crippen molar-refractivity contribution in [3.8, 4) is 39.6 Å². The number of thiol groups is 1. The standard InChI is InChI=1S/C31H23FN4O3S/c1-33-31(37)28-21-14-20(25(35(2)40)15-27(21)39-29(28)17-7-10-19(32)11-8-17)18-9-12-26-22(13-18)30-34-23-5-3-4-6-24(23)36(30)16-38-26/h3-15,40H,16H2,1-2H3,(H,33,37). The highest BCUT2D eigenvalue weighted by Gasteiger charge is 2.26. The lowest BCUT2D eigenvalue weighted by molar-refractivity contribution is 0.0964. The average Bonchev–Trinajstić information content (AvgIpc) is 3.54. The molecule has 0 saturated heterocycles. The van der Waals surface area contributed by atoms with Crippen LogP contribution in [0.5, 0.6) is 5.75 Å². The van der Waals surface area contributed by atoms with Crippen molar-refractivity contribution in [1.29, 1.82) is 0 Å². The van der Waals surface area contributed by atoms with Gasteiger partial charge in [0.15, 0.2) is 6.73 Å². The molecule has 3 heterocycles. The number of aromatic nitrogens is 2. The number of rotatable bonds is 4. The van der Waals surface area contributed by atoms with Gasteiger partial charge in [0, 0.05) is 36.7 Å². The number of furan rings is 1. The number of ether oxygens (including phenoxy) is 1. The SMILES string of the molecule is CNC(=O)c1c(-c2ccc(F)cc2)oc2cc(N(C)S)c(-c3ccc4c(c3)-c3nc5ccccc5n3CO4)cc12. The highest BCUT2D eigenvalue weighted by atomic mass is 32.1. The molecule has 0 fully saturated rings. The molecule has 1 aliphatic heterocycles. The van der Waals surface area contributed by atoms with Crippen LogP contribution in [0.3, 0.4) is 0 Å². The normalized spacial score (nSPS) is 12.2. The van der Waals surface area contributed by atoms with Crippen LogP contribution >= 0.6 is 12.8 Å². The van der Waals surface area contributed by atoms with E-state index in [1.165, 1.54) is 12.1 Å². The number of amides is 1. The third-order valence-corrected chi connectivity index (χ3v) is 7.47. The Hall–Kier alpha value is -4.76. The molecular formula is C31H23FN4O3S. The van der Waals surface area contributed by atoms with Crippen LogP contribution < -0.4 is 14.4 Å². The zero-order valence-electron chi connectivity index (χ0n) is 21.6. The van der Waals surface area contributed by atoms with Crippen LogP contribution in [0.2, 0.25) is 0 Å². The number of carbonyl (C=O) groups excluding carboxylic acids is 1. The third-order valence-electron chi connectivity index (χ3n) is 7.25. The van der Waals surface area contributed by atoms with Crippen LogP contribution in [0.25, 0.3) is 55.8 Å². The van der Waals surface area contributed by atoms with E-state index in [4.69, 9.17) is 14.1 Å². The molecule has 7 rings (SSSR count). The van der Waals surface area contributed by atoms with E-state index in [2.05, 4.69) is 28.8 Å². The Balaban J connectivity index is 1.45. The second-order valence-corrected chi connectivity index (χ2v) is 10.2. The first kappa shape index (κ1) is 24.3. The maximum atomic E-state index is 13.6. The molecule has 4 aromatic carbocycles. The Bertz CT molecular complexity index is 1960. The Morgan fingerprint density at radius 2 is 1.80 bits per heavy atom. The van der Waals surface area contributed by atoms with Crippen molar-refractivity contribution in [2.24, 2.45) is 0 Å². The zero-order chi connectivity index (χ0) is 27.5. The molecule has 40 heavy (non-hydrogen) atoms. The van der Waals surface area contributed by atoms with Gasteiger partial charge in [0.1, 0.15) is 28.7 Å². The van der Waals surface area contributed by atoms with E-state index in [1.54, 1.807) is 23.5 Å². The van der Waals surface area contributed by atoms with E-state index < -0.39 is 0 Å². The summed E-state index contributed by atoms with van der Waals surface area (Å²) in [6.45, 7) is 0.384. The van der Waals surface area contributed by atoms with E-state index in [1.807, 2.05) is 55.6 Å². The lowest BCUT2D eigenvalue weighted by Gasteiger charge is -2.22. The van der Waals surface area contributed by atoms with Crippen molar-refractivity contribution in [2.45, 2.75) is 6.73 Å². The van der Waals surface area contributed by atoms with Crippen LogP contribution in [-0.4, -0.2) is 29.6 Å². The summed E-state index contributed by atoms with van der Waals surface area (Å²) >= 11 is 4.61. The number of hydrogen-bond acceptors (Lipinski definition) is 6. The smallest absolute Gasteiger partial charge is 0.255 e. The monoisotopic (exact) mass is 550 g/mol.